The maximum atomic E-state index is 13.3. The van der Waals surface area contributed by atoms with Gasteiger partial charge in [0.25, 0.3) is 0 Å². The van der Waals surface area contributed by atoms with Crippen LogP contribution in [0.25, 0.3) is 0 Å². The molecular formula is C16H17BrF2N2. The molecule has 0 aromatic heterocycles. The molecule has 2 rings (SSSR count). The number of aryl methyl sites for hydroxylation is 2. The third-order valence-electron chi connectivity index (χ3n) is 3.49. The number of nitrogens with one attached hydrogen (secondary N) is 1. The van der Waals surface area contributed by atoms with Crippen LogP contribution in [-0.2, 0) is 6.42 Å². The maximum absolute atomic E-state index is 13.3. The molecule has 0 fully saturated rings. The van der Waals surface area contributed by atoms with Gasteiger partial charge in [0.1, 0.15) is 0 Å². The second-order valence-corrected chi connectivity index (χ2v) is 5.93. The average Bonchev–Trinajstić information content (AvgIpc) is 2.45. The lowest BCUT2D eigenvalue weighted by Gasteiger charge is -2.19. The predicted octanol–water partition coefficient (Wildman–Crippen LogP) is 4.09. The van der Waals surface area contributed by atoms with Gasteiger partial charge in [-0.15, -0.1) is 0 Å². The second kappa shape index (κ2) is 6.64. The number of hydrazine groups is 1. The fourth-order valence-corrected chi connectivity index (χ4v) is 2.58. The van der Waals surface area contributed by atoms with Crippen LogP contribution in [0.2, 0.25) is 0 Å². The van der Waals surface area contributed by atoms with E-state index in [1.165, 1.54) is 6.07 Å². The van der Waals surface area contributed by atoms with Crippen molar-refractivity contribution >= 4 is 15.9 Å². The summed E-state index contributed by atoms with van der Waals surface area (Å²) in [5, 5.41) is 0. The zero-order valence-corrected chi connectivity index (χ0v) is 13.5. The minimum Gasteiger partial charge on any atom is -0.271 e. The minimum absolute atomic E-state index is 0.166. The van der Waals surface area contributed by atoms with E-state index in [-0.39, 0.29) is 6.04 Å². The van der Waals surface area contributed by atoms with Gasteiger partial charge in [0.05, 0.1) is 6.04 Å². The summed E-state index contributed by atoms with van der Waals surface area (Å²) < 4.78 is 27.3. The van der Waals surface area contributed by atoms with Gasteiger partial charge in [-0.2, -0.15) is 0 Å². The van der Waals surface area contributed by atoms with Gasteiger partial charge in [-0.1, -0.05) is 34.1 Å². The van der Waals surface area contributed by atoms with E-state index < -0.39 is 11.6 Å². The first kappa shape index (κ1) is 16.1. The van der Waals surface area contributed by atoms with Crippen LogP contribution in [0.3, 0.4) is 0 Å². The number of rotatable bonds is 4. The van der Waals surface area contributed by atoms with Crippen molar-refractivity contribution in [2.75, 3.05) is 0 Å². The van der Waals surface area contributed by atoms with Gasteiger partial charge >= 0.3 is 0 Å². The fourth-order valence-electron chi connectivity index (χ4n) is 2.36. The van der Waals surface area contributed by atoms with Gasteiger partial charge in [-0.25, -0.2) is 8.78 Å². The predicted molar refractivity (Wildman–Crippen MR) is 83.7 cm³/mol. The minimum atomic E-state index is -0.841. The largest absolute Gasteiger partial charge is 0.271 e. The van der Waals surface area contributed by atoms with Crippen LogP contribution < -0.4 is 11.3 Å². The van der Waals surface area contributed by atoms with Crippen LogP contribution in [-0.4, -0.2) is 0 Å². The summed E-state index contributed by atoms with van der Waals surface area (Å²) in [5.41, 5.74) is 6.66. The highest BCUT2D eigenvalue weighted by molar-refractivity contribution is 9.10. The van der Waals surface area contributed by atoms with Gasteiger partial charge in [0.15, 0.2) is 11.6 Å². The van der Waals surface area contributed by atoms with Crippen molar-refractivity contribution < 1.29 is 8.78 Å². The zero-order chi connectivity index (χ0) is 15.6. The summed E-state index contributed by atoms with van der Waals surface area (Å²) in [4.78, 5) is 0. The molecule has 0 saturated heterocycles. The topological polar surface area (TPSA) is 38.0 Å². The molecule has 0 spiro atoms. The highest BCUT2D eigenvalue weighted by Gasteiger charge is 2.14. The number of halogens is 3. The summed E-state index contributed by atoms with van der Waals surface area (Å²) in [6.07, 6.45) is 0.480. The van der Waals surface area contributed by atoms with E-state index in [0.29, 0.717) is 12.0 Å². The van der Waals surface area contributed by atoms with Gasteiger partial charge in [-0.05, 0) is 54.7 Å². The van der Waals surface area contributed by atoms with Crippen molar-refractivity contribution in [3.8, 4) is 0 Å². The number of hydrogen-bond acceptors (Lipinski definition) is 2. The Morgan fingerprint density at radius 1 is 1.10 bits per heavy atom. The standard InChI is InChI=1S/C16H17BrF2N2/c1-9-5-12(6-10(2)16(9)17)15(21-20)8-11-3-4-13(18)14(19)7-11/h3-7,15,21H,8,20H2,1-2H3. The van der Waals surface area contributed by atoms with E-state index >= 15 is 0 Å². The Balaban J connectivity index is 2.29. The summed E-state index contributed by atoms with van der Waals surface area (Å²) in [5.74, 6) is 3.95. The maximum Gasteiger partial charge on any atom is 0.159 e. The Morgan fingerprint density at radius 3 is 2.24 bits per heavy atom. The summed E-state index contributed by atoms with van der Waals surface area (Å²) in [7, 11) is 0. The molecule has 0 bridgehead atoms. The quantitative estimate of drug-likeness (QED) is 0.640. The number of benzene rings is 2. The summed E-state index contributed by atoms with van der Waals surface area (Å²) in [6.45, 7) is 4.01. The fraction of sp³-hybridized carbons (Fsp3) is 0.250. The van der Waals surface area contributed by atoms with Crippen LogP contribution in [0.4, 0.5) is 8.78 Å². The van der Waals surface area contributed by atoms with Gasteiger partial charge in [0.2, 0.25) is 0 Å². The van der Waals surface area contributed by atoms with Gasteiger partial charge in [-0.3, -0.25) is 11.3 Å². The molecule has 21 heavy (non-hydrogen) atoms. The molecule has 2 aromatic rings. The van der Waals surface area contributed by atoms with Crippen molar-refractivity contribution in [3.63, 3.8) is 0 Å². The summed E-state index contributed by atoms with van der Waals surface area (Å²) in [6, 6.07) is 7.80. The van der Waals surface area contributed by atoms with E-state index in [2.05, 4.69) is 21.4 Å². The zero-order valence-electron chi connectivity index (χ0n) is 11.9. The smallest absolute Gasteiger partial charge is 0.159 e. The second-order valence-electron chi connectivity index (χ2n) is 5.14. The lowest BCUT2D eigenvalue weighted by Crippen LogP contribution is -2.29. The van der Waals surface area contributed by atoms with E-state index in [4.69, 9.17) is 5.84 Å². The molecule has 0 aliphatic heterocycles. The summed E-state index contributed by atoms with van der Waals surface area (Å²) >= 11 is 3.53. The molecule has 1 unspecified atom stereocenters. The van der Waals surface area contributed by atoms with Gasteiger partial charge in [0, 0.05) is 4.47 Å². The molecule has 0 amide bonds. The molecule has 2 nitrogen and oxygen atoms in total. The molecule has 1 atom stereocenters. The lowest BCUT2D eigenvalue weighted by atomic mass is 9.96. The molecule has 0 aliphatic rings. The van der Waals surface area contributed by atoms with Crippen molar-refractivity contribution in [1.29, 1.82) is 0 Å². The average molecular weight is 355 g/mol. The third-order valence-corrected chi connectivity index (χ3v) is 4.74. The molecule has 0 heterocycles. The first-order chi connectivity index (χ1) is 9.92. The van der Waals surface area contributed by atoms with Crippen LogP contribution in [0, 0.1) is 25.5 Å². The van der Waals surface area contributed by atoms with E-state index in [1.54, 1.807) is 6.07 Å². The molecule has 112 valence electrons. The SMILES string of the molecule is Cc1cc(C(Cc2ccc(F)c(F)c2)NN)cc(C)c1Br. The van der Waals surface area contributed by atoms with E-state index in [0.717, 1.165) is 27.2 Å². The Kier molecular flexibility index (Phi) is 5.08. The van der Waals surface area contributed by atoms with Crippen molar-refractivity contribution in [3.05, 3.63) is 68.7 Å². The van der Waals surface area contributed by atoms with Crippen LogP contribution in [0.5, 0.6) is 0 Å². The first-order valence-corrected chi connectivity index (χ1v) is 7.38. The van der Waals surface area contributed by atoms with Gasteiger partial charge < -0.3 is 0 Å². The highest BCUT2D eigenvalue weighted by atomic mass is 79.9. The number of hydrogen-bond donors (Lipinski definition) is 2. The molecular weight excluding hydrogens is 338 g/mol. The van der Waals surface area contributed by atoms with Crippen LogP contribution >= 0.6 is 15.9 Å². The van der Waals surface area contributed by atoms with Crippen LogP contribution in [0.1, 0.15) is 28.3 Å². The molecule has 0 aliphatic carbocycles. The highest BCUT2D eigenvalue weighted by Crippen LogP contribution is 2.27. The Hall–Kier alpha value is -1.30. The first-order valence-electron chi connectivity index (χ1n) is 6.59. The van der Waals surface area contributed by atoms with E-state index in [1.807, 2.05) is 26.0 Å². The Bertz CT molecular complexity index is 636. The lowest BCUT2D eigenvalue weighted by molar-refractivity contribution is 0.502. The molecule has 0 radical (unpaired) electrons. The van der Waals surface area contributed by atoms with Crippen molar-refractivity contribution in [1.82, 2.24) is 5.43 Å². The van der Waals surface area contributed by atoms with Crippen molar-refractivity contribution in [2.45, 2.75) is 26.3 Å². The number of nitrogens with two attached hydrogens (primary N) is 1. The Morgan fingerprint density at radius 2 is 1.71 bits per heavy atom. The normalized spacial score (nSPS) is 12.5. The molecule has 5 heteroatoms. The monoisotopic (exact) mass is 354 g/mol. The molecule has 3 N–H and O–H groups in total. The molecule has 2 aromatic carbocycles. The Labute approximate surface area is 131 Å². The van der Waals surface area contributed by atoms with E-state index in [9.17, 15) is 8.78 Å². The van der Waals surface area contributed by atoms with Crippen LogP contribution in [0.15, 0.2) is 34.8 Å². The molecule has 0 saturated carbocycles. The van der Waals surface area contributed by atoms with Crippen molar-refractivity contribution in [2.24, 2.45) is 5.84 Å². The third kappa shape index (κ3) is 3.67.